The third kappa shape index (κ3) is 2.35. The number of aryl methyl sites for hydroxylation is 1. The molecular formula is C15H11F2N5. The van der Waals surface area contributed by atoms with Gasteiger partial charge >= 0.3 is 0 Å². The average molecular weight is 299 g/mol. The van der Waals surface area contributed by atoms with E-state index in [4.69, 9.17) is 5.26 Å². The molecule has 1 aromatic carbocycles. The molecule has 0 fully saturated rings. The second-order valence-electron chi connectivity index (χ2n) is 4.80. The van der Waals surface area contributed by atoms with Crippen LogP contribution in [0.4, 0.5) is 14.6 Å². The molecule has 0 spiro atoms. The first-order chi connectivity index (χ1) is 10.6. The lowest BCUT2D eigenvalue weighted by Gasteiger charge is -2.10. The van der Waals surface area contributed by atoms with Gasteiger partial charge in [-0.25, -0.2) is 13.8 Å². The minimum Gasteiger partial charge on any atom is -0.366 e. The van der Waals surface area contributed by atoms with Gasteiger partial charge in [0.2, 0.25) is 0 Å². The Labute approximate surface area is 124 Å². The molecular weight excluding hydrogens is 288 g/mol. The van der Waals surface area contributed by atoms with Crippen LogP contribution in [0.15, 0.2) is 30.6 Å². The van der Waals surface area contributed by atoms with Gasteiger partial charge in [0.1, 0.15) is 29.1 Å². The van der Waals surface area contributed by atoms with Crippen LogP contribution in [-0.4, -0.2) is 14.6 Å². The number of fused-ring (bicyclic) bond motifs is 1. The molecule has 0 atom stereocenters. The first-order valence-corrected chi connectivity index (χ1v) is 6.51. The Morgan fingerprint density at radius 2 is 2.05 bits per heavy atom. The van der Waals surface area contributed by atoms with Gasteiger partial charge < -0.3 is 5.32 Å². The maximum atomic E-state index is 13.8. The predicted octanol–water partition coefficient (Wildman–Crippen LogP) is 2.80. The van der Waals surface area contributed by atoms with Crippen LogP contribution in [-0.2, 0) is 6.54 Å². The molecule has 110 valence electrons. The zero-order valence-electron chi connectivity index (χ0n) is 11.6. The van der Waals surface area contributed by atoms with E-state index in [-0.39, 0.29) is 12.1 Å². The monoisotopic (exact) mass is 299 g/mol. The van der Waals surface area contributed by atoms with Gasteiger partial charge in [-0.3, -0.25) is 0 Å². The number of hydrogen-bond donors (Lipinski definition) is 1. The average Bonchev–Trinajstić information content (AvgIpc) is 2.90. The lowest BCUT2D eigenvalue weighted by atomic mass is 10.1. The molecule has 0 aliphatic carbocycles. The van der Waals surface area contributed by atoms with Crippen LogP contribution in [0, 0.1) is 29.9 Å². The van der Waals surface area contributed by atoms with Gasteiger partial charge in [0, 0.05) is 18.3 Å². The third-order valence-electron chi connectivity index (χ3n) is 3.25. The number of nitriles is 1. The standard InChI is InChI=1S/C15H11F2N5/c1-9-4-12(16)11(13(17)5-9)8-20-14-2-3-19-15-10(6-18)7-21-22(14)15/h2-5,7,20H,8H2,1H3. The topological polar surface area (TPSA) is 66.0 Å². The number of nitrogens with zero attached hydrogens (tertiary/aromatic N) is 4. The first-order valence-electron chi connectivity index (χ1n) is 6.51. The highest BCUT2D eigenvalue weighted by Crippen LogP contribution is 2.18. The molecule has 0 aliphatic heterocycles. The van der Waals surface area contributed by atoms with Crippen LogP contribution in [0.2, 0.25) is 0 Å². The Kier molecular flexibility index (Phi) is 3.43. The Morgan fingerprint density at radius 1 is 1.32 bits per heavy atom. The summed E-state index contributed by atoms with van der Waals surface area (Å²) in [6.07, 6.45) is 2.89. The van der Waals surface area contributed by atoms with Gasteiger partial charge in [0.05, 0.1) is 6.20 Å². The van der Waals surface area contributed by atoms with Crippen molar-refractivity contribution in [1.82, 2.24) is 14.6 Å². The second kappa shape index (κ2) is 5.41. The second-order valence-corrected chi connectivity index (χ2v) is 4.80. The number of rotatable bonds is 3. The number of halogens is 2. The molecule has 1 N–H and O–H groups in total. The molecule has 0 unspecified atom stereocenters. The van der Waals surface area contributed by atoms with Crippen LogP contribution in [0.1, 0.15) is 16.7 Å². The van der Waals surface area contributed by atoms with Crippen LogP contribution >= 0.6 is 0 Å². The Balaban J connectivity index is 1.92. The highest BCUT2D eigenvalue weighted by molar-refractivity contribution is 5.57. The molecule has 22 heavy (non-hydrogen) atoms. The predicted molar refractivity (Wildman–Crippen MR) is 76.1 cm³/mol. The summed E-state index contributed by atoms with van der Waals surface area (Å²) in [5, 5.41) is 15.9. The molecule has 2 heterocycles. The van der Waals surface area contributed by atoms with Crippen LogP contribution in [0.25, 0.3) is 5.65 Å². The van der Waals surface area contributed by atoms with Crippen molar-refractivity contribution in [3.8, 4) is 6.07 Å². The molecule has 0 saturated carbocycles. The van der Waals surface area contributed by atoms with Gasteiger partial charge in [0.25, 0.3) is 0 Å². The van der Waals surface area contributed by atoms with E-state index in [1.807, 2.05) is 6.07 Å². The number of aromatic nitrogens is 3. The van der Waals surface area contributed by atoms with Gasteiger partial charge in [-0.2, -0.15) is 14.9 Å². The lowest BCUT2D eigenvalue weighted by Crippen LogP contribution is -2.09. The highest BCUT2D eigenvalue weighted by Gasteiger charge is 2.12. The van der Waals surface area contributed by atoms with Gasteiger partial charge in [-0.1, -0.05) is 0 Å². The SMILES string of the molecule is Cc1cc(F)c(CNc2ccnc3c(C#N)cnn23)c(F)c1. The van der Waals surface area contributed by atoms with E-state index in [9.17, 15) is 8.78 Å². The minimum atomic E-state index is -0.603. The van der Waals surface area contributed by atoms with Crippen molar-refractivity contribution in [2.75, 3.05) is 5.32 Å². The zero-order valence-corrected chi connectivity index (χ0v) is 11.6. The maximum absolute atomic E-state index is 13.8. The quantitative estimate of drug-likeness (QED) is 0.807. The zero-order chi connectivity index (χ0) is 15.7. The number of anilines is 1. The summed E-state index contributed by atoms with van der Waals surface area (Å²) in [5.41, 5.74) is 1.19. The van der Waals surface area contributed by atoms with Crippen molar-refractivity contribution in [1.29, 1.82) is 5.26 Å². The van der Waals surface area contributed by atoms with E-state index < -0.39 is 11.6 Å². The largest absolute Gasteiger partial charge is 0.366 e. The summed E-state index contributed by atoms with van der Waals surface area (Å²) in [4.78, 5) is 4.06. The van der Waals surface area contributed by atoms with Crippen LogP contribution in [0.5, 0.6) is 0 Å². The van der Waals surface area contributed by atoms with Gasteiger partial charge in [-0.15, -0.1) is 0 Å². The molecule has 0 aliphatic rings. The fourth-order valence-corrected chi connectivity index (χ4v) is 2.18. The van der Waals surface area contributed by atoms with Crippen molar-refractivity contribution >= 4 is 11.5 Å². The van der Waals surface area contributed by atoms with E-state index in [0.29, 0.717) is 22.6 Å². The Morgan fingerprint density at radius 3 is 2.73 bits per heavy atom. The summed E-state index contributed by atoms with van der Waals surface area (Å²) in [6, 6.07) is 6.16. The normalized spacial score (nSPS) is 10.6. The van der Waals surface area contributed by atoms with Crippen molar-refractivity contribution in [3.05, 3.63) is 58.9 Å². The summed E-state index contributed by atoms with van der Waals surface area (Å²) >= 11 is 0. The molecule has 2 aromatic heterocycles. The van der Waals surface area contributed by atoms with Crippen molar-refractivity contribution < 1.29 is 8.78 Å². The van der Waals surface area contributed by atoms with Crippen LogP contribution < -0.4 is 5.32 Å². The lowest BCUT2D eigenvalue weighted by molar-refractivity contribution is 0.558. The first kappa shape index (κ1) is 13.9. The van der Waals surface area contributed by atoms with E-state index in [1.54, 1.807) is 13.0 Å². The summed E-state index contributed by atoms with van der Waals surface area (Å²) in [6.45, 7) is 1.59. The molecule has 0 saturated heterocycles. The van der Waals surface area contributed by atoms with E-state index >= 15 is 0 Å². The van der Waals surface area contributed by atoms with Crippen LogP contribution in [0.3, 0.4) is 0 Å². The summed E-state index contributed by atoms with van der Waals surface area (Å²) in [5.74, 6) is -0.715. The van der Waals surface area contributed by atoms with Gasteiger partial charge in [0.15, 0.2) is 5.65 Å². The molecule has 0 radical (unpaired) electrons. The highest BCUT2D eigenvalue weighted by atomic mass is 19.1. The Bertz CT molecular complexity index is 872. The number of benzene rings is 1. The summed E-state index contributed by atoms with van der Waals surface area (Å²) in [7, 11) is 0. The fourth-order valence-electron chi connectivity index (χ4n) is 2.18. The molecule has 7 heteroatoms. The minimum absolute atomic E-state index is 0.0429. The fraction of sp³-hybridized carbons (Fsp3) is 0.133. The molecule has 0 amide bonds. The van der Waals surface area contributed by atoms with E-state index in [2.05, 4.69) is 15.4 Å². The summed E-state index contributed by atoms with van der Waals surface area (Å²) < 4.78 is 29.1. The molecule has 3 rings (SSSR count). The van der Waals surface area contributed by atoms with E-state index in [0.717, 1.165) is 0 Å². The smallest absolute Gasteiger partial charge is 0.175 e. The van der Waals surface area contributed by atoms with E-state index in [1.165, 1.54) is 29.0 Å². The number of nitrogens with one attached hydrogen (secondary N) is 1. The molecule has 0 bridgehead atoms. The van der Waals surface area contributed by atoms with Crippen molar-refractivity contribution in [3.63, 3.8) is 0 Å². The van der Waals surface area contributed by atoms with Gasteiger partial charge in [-0.05, 0) is 30.7 Å². The Hall–Kier alpha value is -3.01. The van der Waals surface area contributed by atoms with Crippen molar-refractivity contribution in [2.24, 2.45) is 0 Å². The molecule has 3 aromatic rings. The maximum Gasteiger partial charge on any atom is 0.175 e. The third-order valence-corrected chi connectivity index (χ3v) is 3.25. The molecule has 5 nitrogen and oxygen atoms in total. The van der Waals surface area contributed by atoms with Crippen molar-refractivity contribution in [2.45, 2.75) is 13.5 Å². The number of hydrogen-bond acceptors (Lipinski definition) is 4.